The number of ether oxygens (including phenoxy) is 1. The zero-order valence-electron chi connectivity index (χ0n) is 14.2. The Kier molecular flexibility index (Phi) is 8.68. The molecule has 0 aliphatic heterocycles. The van der Waals surface area contributed by atoms with Crippen LogP contribution in [0, 0.1) is 6.92 Å². The van der Waals surface area contributed by atoms with E-state index >= 15 is 0 Å². The SMILES string of the molecule is Cc1c(OCC(F)(F)F)ccnc1CS(=O)c1nc2ccccc2[nH]1.[Ca+2].[O-2]. The van der Waals surface area contributed by atoms with E-state index in [4.69, 9.17) is 4.74 Å². The minimum atomic E-state index is -4.42. The Labute approximate surface area is 185 Å². The van der Waals surface area contributed by atoms with Gasteiger partial charge in [-0.1, -0.05) is 12.1 Å². The van der Waals surface area contributed by atoms with Crippen LogP contribution in [0.2, 0.25) is 0 Å². The normalized spacial score (nSPS) is 12.1. The van der Waals surface area contributed by atoms with Crippen LogP contribution < -0.4 is 4.74 Å². The largest absolute Gasteiger partial charge is 2.00 e. The van der Waals surface area contributed by atoms with Crippen LogP contribution in [0.25, 0.3) is 11.0 Å². The first-order valence-corrected chi connectivity index (χ1v) is 8.62. The summed E-state index contributed by atoms with van der Waals surface area (Å²) in [6.07, 6.45) is -3.09. The Morgan fingerprint density at radius 3 is 2.59 bits per heavy atom. The van der Waals surface area contributed by atoms with Crippen molar-refractivity contribution in [3.8, 4) is 5.75 Å². The van der Waals surface area contributed by atoms with Crippen molar-refractivity contribution in [2.75, 3.05) is 6.61 Å². The number of pyridine rings is 1. The van der Waals surface area contributed by atoms with Crippen LogP contribution in [0.1, 0.15) is 11.3 Å². The van der Waals surface area contributed by atoms with Crippen LogP contribution in [0.4, 0.5) is 13.2 Å². The second-order valence-electron chi connectivity index (χ2n) is 5.33. The molecule has 0 amide bonds. The molecule has 27 heavy (non-hydrogen) atoms. The predicted molar refractivity (Wildman–Crippen MR) is 93.2 cm³/mol. The smallest absolute Gasteiger partial charge is 2.00 e. The van der Waals surface area contributed by atoms with Gasteiger partial charge < -0.3 is 15.2 Å². The number of para-hydroxylation sites is 2. The van der Waals surface area contributed by atoms with E-state index in [0.29, 0.717) is 21.9 Å². The topological polar surface area (TPSA) is 96.4 Å². The van der Waals surface area contributed by atoms with Crippen LogP contribution in [0.5, 0.6) is 5.75 Å². The summed E-state index contributed by atoms with van der Waals surface area (Å²) < 4.78 is 54.2. The zero-order chi connectivity index (χ0) is 18.0. The zero-order valence-corrected chi connectivity index (χ0v) is 17.3. The fourth-order valence-electron chi connectivity index (χ4n) is 2.25. The fraction of sp³-hybridized carbons (Fsp3) is 0.250. The number of nitrogens with zero attached hydrogens (tertiary/aromatic N) is 2. The number of fused-ring (bicyclic) bond motifs is 1. The van der Waals surface area contributed by atoms with Gasteiger partial charge in [-0.05, 0) is 25.1 Å². The minimum Gasteiger partial charge on any atom is -2.00 e. The summed E-state index contributed by atoms with van der Waals surface area (Å²) in [4.78, 5) is 11.3. The monoisotopic (exact) mass is 425 g/mol. The molecule has 0 aliphatic carbocycles. The predicted octanol–water partition coefficient (Wildman–Crippen LogP) is 3.02. The summed E-state index contributed by atoms with van der Waals surface area (Å²) in [5, 5.41) is 0.295. The van der Waals surface area contributed by atoms with Gasteiger partial charge in [-0.2, -0.15) is 13.2 Å². The molecule has 0 spiro atoms. The second kappa shape index (κ2) is 9.83. The number of imidazole rings is 1. The van der Waals surface area contributed by atoms with Crippen molar-refractivity contribution >= 4 is 59.6 Å². The number of aromatic amines is 1. The van der Waals surface area contributed by atoms with Crippen LogP contribution in [-0.2, 0) is 22.0 Å². The van der Waals surface area contributed by atoms with Crippen LogP contribution in [0.3, 0.4) is 0 Å². The van der Waals surface area contributed by atoms with E-state index in [1.54, 1.807) is 13.0 Å². The molecule has 0 radical (unpaired) electrons. The number of aromatic nitrogens is 3. The third-order valence-electron chi connectivity index (χ3n) is 3.50. The molecule has 1 aromatic carbocycles. The molecule has 2 heterocycles. The summed E-state index contributed by atoms with van der Waals surface area (Å²) in [7, 11) is -1.51. The maximum Gasteiger partial charge on any atom is 2.00 e. The molecule has 1 unspecified atom stereocenters. The number of hydrogen-bond donors (Lipinski definition) is 1. The average molecular weight is 425 g/mol. The number of alkyl halides is 3. The fourth-order valence-corrected chi connectivity index (χ4v) is 3.35. The molecule has 0 bridgehead atoms. The molecule has 6 nitrogen and oxygen atoms in total. The van der Waals surface area contributed by atoms with Gasteiger partial charge in [-0.25, -0.2) is 4.98 Å². The summed E-state index contributed by atoms with van der Waals surface area (Å²) in [6, 6.07) is 8.62. The molecule has 0 saturated heterocycles. The Bertz CT molecular complexity index is 901. The number of rotatable bonds is 5. The van der Waals surface area contributed by atoms with Gasteiger partial charge in [0.1, 0.15) is 5.75 Å². The molecule has 11 heteroatoms. The molecule has 1 N–H and O–H groups in total. The number of halogens is 3. The van der Waals surface area contributed by atoms with Gasteiger partial charge in [0, 0.05) is 11.8 Å². The molecule has 0 aliphatic rings. The summed E-state index contributed by atoms with van der Waals surface area (Å²) >= 11 is 0. The Morgan fingerprint density at radius 2 is 1.93 bits per heavy atom. The molecular weight excluding hydrogens is 411 g/mol. The van der Waals surface area contributed by atoms with E-state index in [1.807, 2.05) is 18.2 Å². The van der Waals surface area contributed by atoms with E-state index in [9.17, 15) is 17.4 Å². The van der Waals surface area contributed by atoms with E-state index in [1.165, 1.54) is 12.3 Å². The third-order valence-corrected chi connectivity index (χ3v) is 4.66. The van der Waals surface area contributed by atoms with Gasteiger partial charge in [0.2, 0.25) is 0 Å². The summed E-state index contributed by atoms with van der Waals surface area (Å²) in [6.45, 7) is 0.202. The molecular formula is C16H14CaF3N3O3S. The Hall–Kier alpha value is -1.20. The standard InChI is InChI=1S/C16H14F3N3O2S.Ca.O/c1-10-13(20-7-6-14(10)24-9-16(17,18)19)8-25(23)15-21-11-4-2-3-5-12(11)22-15;;/h2-7H,8-9H2,1H3,(H,21,22);;/q;+2;-2. The first kappa shape index (κ1) is 23.8. The Morgan fingerprint density at radius 1 is 1.22 bits per heavy atom. The van der Waals surface area contributed by atoms with Crippen molar-refractivity contribution in [1.82, 2.24) is 15.0 Å². The maximum atomic E-state index is 12.5. The third kappa shape index (κ3) is 6.15. The first-order valence-electron chi connectivity index (χ1n) is 7.30. The van der Waals surface area contributed by atoms with Crippen LogP contribution in [0.15, 0.2) is 41.7 Å². The molecule has 2 aromatic heterocycles. The van der Waals surface area contributed by atoms with Gasteiger partial charge in [0.15, 0.2) is 11.8 Å². The van der Waals surface area contributed by atoms with Gasteiger partial charge >= 0.3 is 43.9 Å². The molecule has 0 saturated carbocycles. The van der Waals surface area contributed by atoms with Crippen molar-refractivity contribution in [3.63, 3.8) is 0 Å². The van der Waals surface area contributed by atoms with E-state index in [-0.39, 0.29) is 54.7 Å². The van der Waals surface area contributed by atoms with Gasteiger partial charge in [-0.15, -0.1) is 0 Å². The molecule has 0 fully saturated rings. The molecule has 3 rings (SSSR count). The van der Waals surface area contributed by atoms with Crippen LogP contribution in [-0.4, -0.2) is 69.7 Å². The number of H-pyrrole nitrogens is 1. The summed E-state index contributed by atoms with van der Waals surface area (Å²) in [5.41, 5.74) is 2.28. The van der Waals surface area contributed by atoms with Crippen molar-refractivity contribution in [2.24, 2.45) is 0 Å². The maximum absolute atomic E-state index is 12.5. The van der Waals surface area contributed by atoms with E-state index in [0.717, 1.165) is 5.52 Å². The average Bonchev–Trinajstić information content (AvgIpc) is 2.99. The van der Waals surface area contributed by atoms with Crippen molar-refractivity contribution < 1.29 is 27.6 Å². The summed E-state index contributed by atoms with van der Waals surface area (Å²) in [5.74, 6) is 0.0958. The number of nitrogens with one attached hydrogen (secondary N) is 1. The van der Waals surface area contributed by atoms with Gasteiger partial charge in [0.25, 0.3) is 0 Å². The van der Waals surface area contributed by atoms with Gasteiger partial charge in [0.05, 0.1) is 33.3 Å². The number of benzene rings is 1. The van der Waals surface area contributed by atoms with Crippen LogP contribution >= 0.6 is 0 Å². The van der Waals surface area contributed by atoms with E-state index in [2.05, 4.69) is 15.0 Å². The quantitative estimate of drug-likeness (QED) is 0.636. The molecule has 1 atom stereocenters. The molecule has 140 valence electrons. The molecule has 3 aromatic rings. The number of hydrogen-bond acceptors (Lipinski definition) is 4. The van der Waals surface area contributed by atoms with Gasteiger partial charge in [-0.3, -0.25) is 9.19 Å². The minimum absolute atomic E-state index is 0. The van der Waals surface area contributed by atoms with Crippen molar-refractivity contribution in [1.29, 1.82) is 0 Å². The Balaban J connectivity index is 0.00000182. The van der Waals surface area contributed by atoms with Crippen molar-refractivity contribution in [2.45, 2.75) is 24.0 Å². The van der Waals surface area contributed by atoms with E-state index < -0.39 is 23.6 Å². The van der Waals surface area contributed by atoms with Crippen molar-refractivity contribution in [3.05, 3.63) is 47.8 Å². The first-order chi connectivity index (χ1) is 11.8. The second-order valence-corrected chi connectivity index (χ2v) is 6.70.